The van der Waals surface area contributed by atoms with Crippen LogP contribution in [0.25, 0.3) is 0 Å². The maximum atomic E-state index is 11.2. The summed E-state index contributed by atoms with van der Waals surface area (Å²) in [4.78, 5) is 15.1. The molecule has 2 heterocycles. The molecule has 1 saturated carbocycles. The average molecular weight is 326 g/mol. The van der Waals surface area contributed by atoms with Crippen molar-refractivity contribution in [1.82, 2.24) is 9.55 Å². The van der Waals surface area contributed by atoms with Gasteiger partial charge in [-0.05, 0) is 36.5 Å². The summed E-state index contributed by atoms with van der Waals surface area (Å²) in [5.74, 6) is 1.57. The molecule has 1 aliphatic carbocycles. The fraction of sp³-hybridized carbons (Fsp3) is 0.474. The fourth-order valence-electron chi connectivity index (χ4n) is 3.60. The van der Waals surface area contributed by atoms with E-state index in [4.69, 9.17) is 9.47 Å². The lowest BCUT2D eigenvalue weighted by Gasteiger charge is -2.22. The minimum Gasteiger partial charge on any atom is -0.490 e. The van der Waals surface area contributed by atoms with Crippen LogP contribution in [0.15, 0.2) is 41.3 Å². The monoisotopic (exact) mass is 326 g/mol. The first-order chi connectivity index (χ1) is 11.8. The van der Waals surface area contributed by atoms with Crippen LogP contribution in [0.4, 0.5) is 0 Å². The van der Waals surface area contributed by atoms with Crippen LogP contribution in [-0.2, 0) is 6.54 Å². The zero-order valence-corrected chi connectivity index (χ0v) is 13.7. The fourth-order valence-corrected chi connectivity index (χ4v) is 3.60. The number of ether oxygens (including phenoxy) is 2. The van der Waals surface area contributed by atoms with Crippen LogP contribution in [0.3, 0.4) is 0 Å². The molecule has 1 atom stereocenters. The molecular weight excluding hydrogens is 304 g/mol. The Morgan fingerprint density at radius 1 is 1.12 bits per heavy atom. The van der Waals surface area contributed by atoms with Gasteiger partial charge in [0.15, 0.2) is 6.10 Å². The Balaban J connectivity index is 1.33. The zero-order chi connectivity index (χ0) is 16.4. The molecule has 4 rings (SSSR count). The molecule has 0 N–H and O–H groups in total. The summed E-state index contributed by atoms with van der Waals surface area (Å²) in [5, 5.41) is 0. The van der Waals surface area contributed by atoms with Gasteiger partial charge in [-0.25, -0.2) is 0 Å². The van der Waals surface area contributed by atoms with Gasteiger partial charge in [-0.1, -0.05) is 31.4 Å². The van der Waals surface area contributed by atoms with Gasteiger partial charge < -0.3 is 9.47 Å². The van der Waals surface area contributed by atoms with Crippen molar-refractivity contribution >= 4 is 0 Å². The van der Waals surface area contributed by atoms with Crippen molar-refractivity contribution in [1.29, 1.82) is 0 Å². The Kier molecular flexibility index (Phi) is 4.24. The van der Waals surface area contributed by atoms with E-state index in [9.17, 15) is 4.79 Å². The molecule has 0 saturated heterocycles. The minimum absolute atomic E-state index is 0.114. The van der Waals surface area contributed by atoms with E-state index in [1.54, 1.807) is 6.20 Å². The molecule has 5 nitrogen and oxygen atoms in total. The van der Waals surface area contributed by atoms with Crippen molar-refractivity contribution in [3.8, 4) is 11.8 Å². The molecule has 2 aromatic rings. The highest BCUT2D eigenvalue weighted by atomic mass is 16.6. The van der Waals surface area contributed by atoms with Gasteiger partial charge >= 0.3 is 0 Å². The van der Waals surface area contributed by atoms with E-state index >= 15 is 0 Å². The minimum atomic E-state index is -0.277. The van der Waals surface area contributed by atoms with Gasteiger partial charge in [0.2, 0.25) is 0 Å². The van der Waals surface area contributed by atoms with Crippen LogP contribution >= 0.6 is 0 Å². The van der Waals surface area contributed by atoms with E-state index in [0.717, 1.165) is 5.75 Å². The molecule has 24 heavy (non-hydrogen) atoms. The third-order valence-electron chi connectivity index (χ3n) is 4.91. The molecule has 1 aromatic carbocycles. The van der Waals surface area contributed by atoms with Crippen molar-refractivity contribution in [3.63, 3.8) is 0 Å². The Labute approximate surface area is 141 Å². The summed E-state index contributed by atoms with van der Waals surface area (Å²) < 4.78 is 13.3. The lowest BCUT2D eigenvalue weighted by atomic mass is 9.84. The standard InChI is InChI=1S/C19H22N2O3/c22-18-10-11-21-12-17(24-19(21)20-18)13-23-16-8-6-15(7-9-16)14-4-2-1-3-5-14/h6-11,14,17H,1-5,12-13H2. The number of rotatable bonds is 4. The van der Waals surface area contributed by atoms with E-state index in [0.29, 0.717) is 25.1 Å². The van der Waals surface area contributed by atoms with Crippen molar-refractivity contribution in [2.75, 3.05) is 6.61 Å². The molecular formula is C19H22N2O3. The predicted octanol–water partition coefficient (Wildman–Crippen LogP) is 3.13. The molecule has 0 bridgehead atoms. The second kappa shape index (κ2) is 6.67. The van der Waals surface area contributed by atoms with E-state index in [1.807, 2.05) is 16.7 Å². The maximum Gasteiger partial charge on any atom is 0.300 e. The predicted molar refractivity (Wildman–Crippen MR) is 90.7 cm³/mol. The first-order valence-corrected chi connectivity index (χ1v) is 8.75. The zero-order valence-electron chi connectivity index (χ0n) is 13.7. The Morgan fingerprint density at radius 2 is 1.92 bits per heavy atom. The summed E-state index contributed by atoms with van der Waals surface area (Å²) in [5.41, 5.74) is 1.15. The molecule has 126 valence electrons. The molecule has 1 unspecified atom stereocenters. The topological polar surface area (TPSA) is 53.4 Å². The highest BCUT2D eigenvalue weighted by molar-refractivity contribution is 5.29. The number of fused-ring (bicyclic) bond motifs is 1. The highest BCUT2D eigenvalue weighted by Gasteiger charge is 2.23. The maximum absolute atomic E-state index is 11.2. The molecule has 0 amide bonds. The average Bonchev–Trinajstić information content (AvgIpc) is 3.03. The smallest absolute Gasteiger partial charge is 0.300 e. The number of benzene rings is 1. The van der Waals surface area contributed by atoms with Crippen molar-refractivity contribution in [2.45, 2.75) is 50.7 Å². The van der Waals surface area contributed by atoms with E-state index < -0.39 is 0 Å². The van der Waals surface area contributed by atoms with Gasteiger partial charge in [0.25, 0.3) is 11.6 Å². The van der Waals surface area contributed by atoms with Crippen LogP contribution in [-0.4, -0.2) is 22.3 Å². The van der Waals surface area contributed by atoms with Gasteiger partial charge in [-0.2, -0.15) is 4.98 Å². The van der Waals surface area contributed by atoms with Crippen molar-refractivity contribution in [3.05, 3.63) is 52.4 Å². The third-order valence-corrected chi connectivity index (χ3v) is 4.91. The van der Waals surface area contributed by atoms with E-state index in [1.165, 1.54) is 43.7 Å². The van der Waals surface area contributed by atoms with Crippen LogP contribution in [0, 0.1) is 0 Å². The van der Waals surface area contributed by atoms with Crippen LogP contribution in [0.1, 0.15) is 43.6 Å². The van der Waals surface area contributed by atoms with E-state index in [-0.39, 0.29) is 11.7 Å². The Hall–Kier alpha value is -2.30. The highest BCUT2D eigenvalue weighted by Crippen LogP contribution is 2.33. The van der Waals surface area contributed by atoms with Crippen LogP contribution in [0.5, 0.6) is 11.8 Å². The first kappa shape index (κ1) is 15.2. The molecule has 2 aliphatic rings. The third kappa shape index (κ3) is 3.30. The number of hydrogen-bond acceptors (Lipinski definition) is 4. The van der Waals surface area contributed by atoms with Gasteiger partial charge in [0, 0.05) is 12.3 Å². The summed E-state index contributed by atoms with van der Waals surface area (Å²) in [6, 6.07) is 10.3. The second-order valence-electron chi connectivity index (χ2n) is 6.66. The van der Waals surface area contributed by atoms with Gasteiger partial charge in [-0.15, -0.1) is 0 Å². The summed E-state index contributed by atoms with van der Waals surface area (Å²) in [6.07, 6.45) is 8.28. The van der Waals surface area contributed by atoms with Crippen molar-refractivity contribution in [2.24, 2.45) is 0 Å². The molecule has 5 heteroatoms. The molecule has 0 spiro atoms. The lowest BCUT2D eigenvalue weighted by molar-refractivity contribution is 0.143. The quantitative estimate of drug-likeness (QED) is 0.866. The van der Waals surface area contributed by atoms with Crippen molar-refractivity contribution < 1.29 is 9.47 Å². The number of hydrogen-bond donors (Lipinski definition) is 0. The molecule has 1 aromatic heterocycles. The molecule has 1 fully saturated rings. The van der Waals surface area contributed by atoms with Gasteiger partial charge in [0.05, 0.1) is 6.54 Å². The number of nitrogens with zero attached hydrogens (tertiary/aromatic N) is 2. The first-order valence-electron chi connectivity index (χ1n) is 8.75. The molecule has 0 radical (unpaired) electrons. The summed E-state index contributed by atoms with van der Waals surface area (Å²) >= 11 is 0. The second-order valence-corrected chi connectivity index (χ2v) is 6.66. The Morgan fingerprint density at radius 3 is 2.71 bits per heavy atom. The van der Waals surface area contributed by atoms with Crippen LogP contribution in [0.2, 0.25) is 0 Å². The summed E-state index contributed by atoms with van der Waals surface area (Å²) in [7, 11) is 0. The number of aromatic nitrogens is 2. The van der Waals surface area contributed by atoms with Gasteiger partial charge in [-0.3, -0.25) is 9.36 Å². The Bertz CT molecular complexity index is 748. The molecule has 1 aliphatic heterocycles. The van der Waals surface area contributed by atoms with Crippen LogP contribution < -0.4 is 15.0 Å². The van der Waals surface area contributed by atoms with E-state index in [2.05, 4.69) is 17.1 Å². The SMILES string of the molecule is O=c1ccn2c(n1)OC(COc1ccc(C3CCCCC3)cc1)C2. The summed E-state index contributed by atoms with van der Waals surface area (Å²) in [6.45, 7) is 1.10. The largest absolute Gasteiger partial charge is 0.490 e. The van der Waals surface area contributed by atoms with Gasteiger partial charge in [0.1, 0.15) is 12.4 Å². The lowest BCUT2D eigenvalue weighted by Crippen LogP contribution is -2.23. The normalized spacial score (nSPS) is 20.4.